The number of esters is 1. The standard InChI is InChI=1S/C44H37F3N3O7P/c1-2-50(20-6-19-48-21-15-32(16-22-48)33-17-23-49(24-18-33)29-55-58(52,53)54)35-12-13-38-41(28-35)56-40-14-11-31(25-30-7-5-8-34(26-30)44(45,46)47)27-39(40)43(38)37-10-4-3-9-36(37)42(51)57-43/h3-5,7-18,21-24,26-28H,2,6,19-20,25,29H2,1H3/p+2. The van der Waals surface area contributed by atoms with Gasteiger partial charge in [0.05, 0.1) is 11.1 Å². The van der Waals surface area contributed by atoms with Gasteiger partial charge in [-0.1, -0.05) is 42.5 Å². The van der Waals surface area contributed by atoms with Crippen LogP contribution in [0.1, 0.15) is 57.1 Å². The Hall–Kier alpha value is -5.85. The van der Waals surface area contributed by atoms with Crippen LogP contribution in [0.2, 0.25) is 0 Å². The Morgan fingerprint density at radius 1 is 0.776 bits per heavy atom. The summed E-state index contributed by atoms with van der Waals surface area (Å²) in [5.41, 5.74) is 4.47. The Morgan fingerprint density at radius 2 is 1.48 bits per heavy atom. The third kappa shape index (κ3) is 7.86. The Balaban J connectivity index is 1.01. The summed E-state index contributed by atoms with van der Waals surface area (Å²) in [6, 6.07) is 31.7. The zero-order valence-electron chi connectivity index (χ0n) is 31.3. The number of carbonyl (C=O) groups is 1. The van der Waals surface area contributed by atoms with E-state index in [4.69, 9.17) is 19.3 Å². The van der Waals surface area contributed by atoms with E-state index in [0.717, 1.165) is 60.6 Å². The number of rotatable bonds is 12. The number of nitrogens with zero attached hydrogens (tertiary/aromatic N) is 3. The summed E-state index contributed by atoms with van der Waals surface area (Å²) in [6.45, 7) is 4.07. The SMILES string of the molecule is CCN(CCC[n+]1ccc(-c2cc[n+](COP(=O)(O)O)cc2)cc1)c1ccc2c(c1)Oc1ccc(Cc3cccc(C(F)(F)F)c3)cc1C21OC(=O)c2ccccc21. The predicted octanol–water partition coefficient (Wildman–Crippen LogP) is 8.09. The van der Waals surface area contributed by atoms with Crippen LogP contribution in [-0.4, -0.2) is 28.8 Å². The third-order valence-electron chi connectivity index (χ3n) is 10.5. The fourth-order valence-electron chi connectivity index (χ4n) is 7.70. The van der Waals surface area contributed by atoms with Gasteiger partial charge in [-0.25, -0.2) is 18.5 Å². The summed E-state index contributed by atoms with van der Waals surface area (Å²) in [6.07, 6.45) is 4.03. The second kappa shape index (κ2) is 15.5. The van der Waals surface area contributed by atoms with Crippen LogP contribution < -0.4 is 18.8 Å². The molecule has 2 aromatic heterocycles. The minimum atomic E-state index is -4.56. The van der Waals surface area contributed by atoms with Crippen LogP contribution in [0.3, 0.4) is 0 Å². The van der Waals surface area contributed by atoms with Gasteiger partial charge in [0.1, 0.15) is 18.0 Å². The quantitative estimate of drug-likeness (QED) is 0.0725. The number of aromatic nitrogens is 2. The van der Waals surface area contributed by atoms with Crippen molar-refractivity contribution in [3.63, 3.8) is 0 Å². The average Bonchev–Trinajstić information content (AvgIpc) is 3.51. The first-order chi connectivity index (χ1) is 27.8. The van der Waals surface area contributed by atoms with E-state index in [0.29, 0.717) is 39.3 Å². The van der Waals surface area contributed by atoms with Crippen molar-refractivity contribution in [2.75, 3.05) is 18.0 Å². The molecule has 2 aliphatic rings. The highest BCUT2D eigenvalue weighted by Gasteiger charge is 2.53. The van der Waals surface area contributed by atoms with Crippen LogP contribution in [0.25, 0.3) is 11.1 Å². The first-order valence-electron chi connectivity index (χ1n) is 18.7. The number of aryl methyl sites for hydroxylation is 1. The molecule has 1 spiro atoms. The van der Waals surface area contributed by atoms with Gasteiger partial charge in [-0.2, -0.15) is 17.7 Å². The van der Waals surface area contributed by atoms with Crippen molar-refractivity contribution in [1.82, 2.24) is 0 Å². The monoisotopic (exact) mass is 809 g/mol. The number of carbonyl (C=O) groups excluding carboxylic acids is 1. The van der Waals surface area contributed by atoms with Crippen molar-refractivity contribution in [2.24, 2.45) is 0 Å². The molecule has 6 aromatic rings. The van der Waals surface area contributed by atoms with Gasteiger partial charge < -0.3 is 24.2 Å². The largest absolute Gasteiger partial charge is 0.474 e. The van der Waals surface area contributed by atoms with E-state index in [1.807, 2.05) is 79.1 Å². The molecule has 4 aromatic carbocycles. The van der Waals surface area contributed by atoms with Gasteiger partial charge in [-0.15, -0.1) is 0 Å². The molecule has 2 aliphatic heterocycles. The van der Waals surface area contributed by atoms with E-state index in [1.165, 1.54) is 10.6 Å². The maximum absolute atomic E-state index is 13.5. The zero-order valence-corrected chi connectivity index (χ0v) is 32.2. The molecule has 0 saturated carbocycles. The number of anilines is 1. The van der Waals surface area contributed by atoms with Crippen LogP contribution in [0.4, 0.5) is 18.9 Å². The number of hydrogen-bond acceptors (Lipinski definition) is 6. The van der Waals surface area contributed by atoms with E-state index in [9.17, 15) is 22.5 Å². The van der Waals surface area contributed by atoms with Crippen LogP contribution in [0.15, 0.2) is 134 Å². The molecule has 58 heavy (non-hydrogen) atoms. The maximum atomic E-state index is 13.5. The minimum Gasteiger partial charge on any atom is -0.456 e. The van der Waals surface area contributed by atoms with Gasteiger partial charge in [0.25, 0.3) is 6.73 Å². The first kappa shape index (κ1) is 39.0. The van der Waals surface area contributed by atoms with Crippen LogP contribution >= 0.6 is 7.82 Å². The normalized spacial score (nSPS) is 15.7. The summed E-state index contributed by atoms with van der Waals surface area (Å²) in [5, 5.41) is 0. The van der Waals surface area contributed by atoms with Gasteiger partial charge in [0.2, 0.25) is 0 Å². The summed E-state index contributed by atoms with van der Waals surface area (Å²) < 4.78 is 72.6. The highest BCUT2D eigenvalue weighted by Crippen LogP contribution is 2.56. The second-order valence-corrected chi connectivity index (χ2v) is 15.5. The number of fused-ring (bicyclic) bond motifs is 6. The van der Waals surface area contributed by atoms with Crippen LogP contribution in [-0.2, 0) is 45.3 Å². The fourth-order valence-corrected chi connectivity index (χ4v) is 7.98. The van der Waals surface area contributed by atoms with E-state index >= 15 is 0 Å². The van der Waals surface area contributed by atoms with Gasteiger partial charge in [-0.05, 0) is 72.0 Å². The van der Waals surface area contributed by atoms with E-state index in [2.05, 4.69) is 20.9 Å². The molecule has 0 saturated heterocycles. The van der Waals surface area contributed by atoms with E-state index in [-0.39, 0.29) is 13.2 Å². The Morgan fingerprint density at radius 3 is 2.19 bits per heavy atom. The molecule has 0 radical (unpaired) electrons. The van der Waals surface area contributed by atoms with Gasteiger partial charge in [0.15, 0.2) is 30.4 Å². The molecule has 0 aliphatic carbocycles. The molecule has 14 heteroatoms. The molecule has 0 fully saturated rings. The van der Waals surface area contributed by atoms with Crippen molar-refractivity contribution in [1.29, 1.82) is 0 Å². The topological polar surface area (TPSA) is 113 Å². The Bertz CT molecular complexity index is 2540. The molecular formula is C44H39F3N3O7P+2. The van der Waals surface area contributed by atoms with E-state index in [1.54, 1.807) is 36.7 Å². The molecule has 2 N–H and O–H groups in total. The summed E-state index contributed by atoms with van der Waals surface area (Å²) in [4.78, 5) is 33.6. The van der Waals surface area contributed by atoms with Gasteiger partial charge in [-0.3, -0.25) is 0 Å². The summed E-state index contributed by atoms with van der Waals surface area (Å²) in [5.74, 6) is 0.572. The Labute approximate surface area is 332 Å². The predicted molar refractivity (Wildman–Crippen MR) is 207 cm³/mol. The zero-order chi connectivity index (χ0) is 40.7. The smallest absolute Gasteiger partial charge is 0.456 e. The lowest BCUT2D eigenvalue weighted by Gasteiger charge is -2.37. The molecule has 4 heterocycles. The van der Waals surface area contributed by atoms with Crippen molar-refractivity contribution in [3.8, 4) is 22.6 Å². The highest BCUT2D eigenvalue weighted by atomic mass is 31.2. The number of pyridine rings is 2. The number of benzene rings is 4. The molecule has 8 rings (SSSR count). The van der Waals surface area contributed by atoms with Crippen molar-refractivity contribution >= 4 is 19.5 Å². The fraction of sp³-hybridized carbons (Fsp3) is 0.205. The molecule has 1 unspecified atom stereocenters. The molecular weight excluding hydrogens is 770 g/mol. The summed E-state index contributed by atoms with van der Waals surface area (Å²) >= 11 is 0. The molecule has 10 nitrogen and oxygen atoms in total. The molecule has 296 valence electrons. The Kier molecular flexibility index (Phi) is 10.4. The van der Waals surface area contributed by atoms with Crippen LogP contribution in [0, 0.1) is 0 Å². The summed E-state index contributed by atoms with van der Waals surface area (Å²) in [7, 11) is -4.56. The highest BCUT2D eigenvalue weighted by molar-refractivity contribution is 7.46. The molecule has 0 amide bonds. The molecule has 1 atom stereocenters. The maximum Gasteiger partial charge on any atom is 0.474 e. The second-order valence-electron chi connectivity index (χ2n) is 14.2. The average molecular weight is 810 g/mol. The van der Waals surface area contributed by atoms with Gasteiger partial charge >= 0.3 is 20.0 Å². The van der Waals surface area contributed by atoms with Crippen molar-refractivity contribution in [3.05, 3.63) is 173 Å². The number of ether oxygens (including phenoxy) is 2. The molecule has 0 bridgehead atoms. The van der Waals surface area contributed by atoms with Crippen molar-refractivity contribution < 1.29 is 55.4 Å². The number of phosphoric acid groups is 1. The lowest BCUT2D eigenvalue weighted by Crippen LogP contribution is -2.35. The first-order valence-corrected chi connectivity index (χ1v) is 20.2. The number of phosphoric ester groups is 1. The number of alkyl halides is 3. The number of hydrogen-bond donors (Lipinski definition) is 2. The van der Waals surface area contributed by atoms with Crippen LogP contribution in [0.5, 0.6) is 11.5 Å². The lowest BCUT2D eigenvalue weighted by molar-refractivity contribution is -0.725. The van der Waals surface area contributed by atoms with Gasteiger partial charge in [0, 0.05) is 72.2 Å². The lowest BCUT2D eigenvalue weighted by atomic mass is 9.77. The third-order valence-corrected chi connectivity index (χ3v) is 11.0. The van der Waals surface area contributed by atoms with Crippen molar-refractivity contribution in [2.45, 2.75) is 44.8 Å². The minimum absolute atomic E-state index is 0.234. The number of halogens is 3. The van der Waals surface area contributed by atoms with E-state index < -0.39 is 31.1 Å².